The van der Waals surface area contributed by atoms with Crippen LogP contribution in [0.3, 0.4) is 0 Å². The normalized spacial score (nSPS) is 26.7. The highest BCUT2D eigenvalue weighted by atomic mass is 16.2. The lowest BCUT2D eigenvalue weighted by molar-refractivity contribution is -0.133. The molecule has 1 atom stereocenters. The maximum atomic E-state index is 13.4. The fraction of sp³-hybridized carbons (Fsp3) is 0.769. The van der Waals surface area contributed by atoms with E-state index in [-0.39, 0.29) is 30.3 Å². The van der Waals surface area contributed by atoms with Gasteiger partial charge in [0.2, 0.25) is 5.91 Å². The quantitative estimate of drug-likeness (QED) is 0.692. The molecule has 0 spiro atoms. The summed E-state index contributed by atoms with van der Waals surface area (Å²) in [5, 5.41) is 7.72. The molecule has 1 aliphatic carbocycles. The van der Waals surface area contributed by atoms with Gasteiger partial charge in [0.05, 0.1) is 6.54 Å². The number of nitrogens with one attached hydrogen (secondary N) is 1. The summed E-state index contributed by atoms with van der Waals surface area (Å²) in [5.74, 6) is -0.483. The molecular weight excluding hydrogens is 444 g/mol. The topological polar surface area (TPSA) is 90.8 Å². The third kappa shape index (κ3) is 4.59. The van der Waals surface area contributed by atoms with Crippen LogP contribution in [0.25, 0.3) is 0 Å². The van der Waals surface area contributed by atoms with Gasteiger partial charge < -0.3 is 20.0 Å². The van der Waals surface area contributed by atoms with Crippen molar-refractivity contribution in [3.05, 3.63) is 17.5 Å². The molecular formula is C26H40N6O3. The second-order valence-corrected chi connectivity index (χ2v) is 11.0. The molecule has 2 saturated heterocycles. The number of likely N-dealkylation sites (N-methyl/N-ethyl adjacent to an activating group) is 1. The van der Waals surface area contributed by atoms with Crippen LogP contribution in [0.15, 0.2) is 6.07 Å². The summed E-state index contributed by atoms with van der Waals surface area (Å²) in [6.07, 6.45) is 10.1. The minimum absolute atomic E-state index is 0.114. The van der Waals surface area contributed by atoms with Crippen LogP contribution in [0, 0.1) is 0 Å². The molecule has 192 valence electrons. The minimum atomic E-state index is -1.03. The zero-order valence-electron chi connectivity index (χ0n) is 21.3. The Kier molecular flexibility index (Phi) is 6.88. The summed E-state index contributed by atoms with van der Waals surface area (Å²) in [4.78, 5) is 46.1. The van der Waals surface area contributed by atoms with Crippen LogP contribution in [-0.2, 0) is 11.3 Å². The van der Waals surface area contributed by atoms with Crippen LogP contribution >= 0.6 is 0 Å². The Labute approximate surface area is 208 Å². The predicted molar refractivity (Wildman–Crippen MR) is 132 cm³/mol. The van der Waals surface area contributed by atoms with Gasteiger partial charge in [0, 0.05) is 37.8 Å². The van der Waals surface area contributed by atoms with E-state index >= 15 is 0 Å². The van der Waals surface area contributed by atoms with Crippen molar-refractivity contribution in [3.8, 4) is 0 Å². The second kappa shape index (κ2) is 9.91. The molecule has 3 amide bonds. The molecule has 0 bridgehead atoms. The number of likely N-dealkylation sites (tertiary alicyclic amines) is 2. The highest BCUT2D eigenvalue weighted by Gasteiger charge is 2.48. The van der Waals surface area contributed by atoms with E-state index in [1.54, 1.807) is 15.6 Å². The number of hydrogen-bond acceptors (Lipinski definition) is 5. The van der Waals surface area contributed by atoms with Crippen LogP contribution in [-0.4, -0.2) is 92.5 Å². The van der Waals surface area contributed by atoms with Gasteiger partial charge in [-0.3, -0.25) is 19.1 Å². The zero-order chi connectivity index (χ0) is 24.6. The van der Waals surface area contributed by atoms with Crippen LogP contribution in [0.4, 0.5) is 0 Å². The van der Waals surface area contributed by atoms with Crippen LogP contribution in [0.2, 0.25) is 0 Å². The molecule has 35 heavy (non-hydrogen) atoms. The Morgan fingerprint density at radius 2 is 1.71 bits per heavy atom. The van der Waals surface area contributed by atoms with E-state index in [0.717, 1.165) is 51.6 Å². The van der Waals surface area contributed by atoms with Gasteiger partial charge in [0.25, 0.3) is 11.8 Å². The summed E-state index contributed by atoms with van der Waals surface area (Å²) >= 11 is 0. The fourth-order valence-corrected chi connectivity index (χ4v) is 6.53. The molecule has 9 nitrogen and oxygen atoms in total. The van der Waals surface area contributed by atoms with Crippen molar-refractivity contribution in [1.82, 2.24) is 29.8 Å². The third-order valence-electron chi connectivity index (χ3n) is 8.67. The van der Waals surface area contributed by atoms with Gasteiger partial charge in [-0.1, -0.05) is 19.3 Å². The van der Waals surface area contributed by atoms with Crippen molar-refractivity contribution in [2.45, 2.75) is 95.8 Å². The fourth-order valence-electron chi connectivity index (χ4n) is 6.53. The highest BCUT2D eigenvalue weighted by molar-refractivity contribution is 6.02. The average molecular weight is 485 g/mol. The van der Waals surface area contributed by atoms with Crippen LogP contribution < -0.4 is 5.32 Å². The SMILES string of the molecule is CCN1C(=O)c2cc(C(=O)N3CCC(N4CCCCC4)CC3)nn2C[C@]1(C)C(=O)NC1CCCC1. The van der Waals surface area contributed by atoms with E-state index in [4.69, 9.17) is 0 Å². The summed E-state index contributed by atoms with van der Waals surface area (Å²) in [5.41, 5.74) is -0.327. The molecule has 0 aromatic carbocycles. The van der Waals surface area contributed by atoms with E-state index in [1.165, 1.54) is 32.4 Å². The van der Waals surface area contributed by atoms with Crippen LogP contribution in [0.5, 0.6) is 0 Å². The van der Waals surface area contributed by atoms with E-state index in [1.807, 2.05) is 18.7 Å². The molecule has 0 radical (unpaired) electrons. The van der Waals surface area contributed by atoms with E-state index in [9.17, 15) is 14.4 Å². The van der Waals surface area contributed by atoms with E-state index < -0.39 is 5.54 Å². The largest absolute Gasteiger partial charge is 0.351 e. The summed E-state index contributed by atoms with van der Waals surface area (Å²) in [6, 6.07) is 2.36. The van der Waals surface area contributed by atoms with Crippen molar-refractivity contribution in [1.29, 1.82) is 0 Å². The van der Waals surface area contributed by atoms with Gasteiger partial charge in [-0.15, -0.1) is 0 Å². The number of piperidine rings is 2. The number of fused-ring (bicyclic) bond motifs is 1. The first-order chi connectivity index (χ1) is 16.9. The standard InChI is InChI=1S/C26H40N6O3/c1-3-31-24(34)22-17-21(23(33)30-15-11-20(12-16-30)29-13-7-4-8-14-29)28-32(22)18-26(31,2)25(35)27-19-9-5-6-10-19/h17,19-20H,3-16,18H2,1-2H3,(H,27,35)/t26-/m1/s1. The van der Waals surface area contributed by atoms with Crippen molar-refractivity contribution in [3.63, 3.8) is 0 Å². The van der Waals surface area contributed by atoms with Gasteiger partial charge in [-0.2, -0.15) is 5.10 Å². The van der Waals surface area contributed by atoms with Gasteiger partial charge >= 0.3 is 0 Å². The number of aromatic nitrogens is 2. The van der Waals surface area contributed by atoms with Gasteiger partial charge in [-0.25, -0.2) is 0 Å². The first kappa shape index (κ1) is 24.3. The first-order valence-corrected chi connectivity index (χ1v) is 13.6. The molecule has 3 fully saturated rings. The van der Waals surface area contributed by atoms with Gasteiger partial charge in [0.15, 0.2) is 5.69 Å². The summed E-state index contributed by atoms with van der Waals surface area (Å²) in [6.45, 7) is 8.18. The van der Waals surface area contributed by atoms with Gasteiger partial charge in [-0.05, 0) is 65.5 Å². The number of carbonyl (C=O) groups excluding carboxylic acids is 3. The number of carbonyl (C=O) groups is 3. The minimum Gasteiger partial charge on any atom is -0.351 e. The van der Waals surface area contributed by atoms with Crippen molar-refractivity contribution in [2.75, 3.05) is 32.7 Å². The molecule has 1 saturated carbocycles. The molecule has 3 aliphatic heterocycles. The maximum absolute atomic E-state index is 13.4. The Morgan fingerprint density at radius 1 is 1.03 bits per heavy atom. The van der Waals surface area contributed by atoms with E-state index in [0.29, 0.717) is 24.0 Å². The number of amides is 3. The van der Waals surface area contributed by atoms with Crippen LogP contribution in [0.1, 0.15) is 92.6 Å². The lowest BCUT2D eigenvalue weighted by Gasteiger charge is -2.43. The summed E-state index contributed by atoms with van der Waals surface area (Å²) < 4.78 is 1.58. The molecule has 1 aromatic heterocycles. The predicted octanol–water partition coefficient (Wildman–Crippen LogP) is 2.27. The zero-order valence-corrected chi connectivity index (χ0v) is 21.3. The molecule has 9 heteroatoms. The number of nitrogens with zero attached hydrogens (tertiary/aromatic N) is 5. The Hall–Kier alpha value is -2.42. The maximum Gasteiger partial charge on any atom is 0.274 e. The number of hydrogen-bond donors (Lipinski definition) is 1. The molecule has 0 unspecified atom stereocenters. The monoisotopic (exact) mass is 484 g/mol. The molecule has 1 aromatic rings. The average Bonchev–Trinajstić information content (AvgIpc) is 3.54. The molecule has 5 rings (SSSR count). The second-order valence-electron chi connectivity index (χ2n) is 11.0. The Bertz CT molecular complexity index is 956. The van der Waals surface area contributed by atoms with Crippen molar-refractivity contribution < 1.29 is 14.4 Å². The third-order valence-corrected chi connectivity index (χ3v) is 8.67. The smallest absolute Gasteiger partial charge is 0.274 e. The molecule has 1 N–H and O–H groups in total. The molecule has 4 aliphatic rings. The molecule has 4 heterocycles. The van der Waals surface area contributed by atoms with Crippen molar-refractivity contribution in [2.24, 2.45) is 0 Å². The Morgan fingerprint density at radius 3 is 2.37 bits per heavy atom. The number of rotatable bonds is 5. The lowest BCUT2D eigenvalue weighted by Crippen LogP contribution is -2.64. The highest BCUT2D eigenvalue weighted by Crippen LogP contribution is 2.29. The Balaban J connectivity index is 1.28. The van der Waals surface area contributed by atoms with Crippen molar-refractivity contribution >= 4 is 17.7 Å². The van der Waals surface area contributed by atoms with Gasteiger partial charge in [0.1, 0.15) is 11.2 Å². The lowest BCUT2D eigenvalue weighted by atomic mass is 9.94. The summed E-state index contributed by atoms with van der Waals surface area (Å²) in [7, 11) is 0. The van der Waals surface area contributed by atoms with E-state index in [2.05, 4.69) is 15.3 Å². The first-order valence-electron chi connectivity index (χ1n) is 13.6.